The third-order valence-corrected chi connectivity index (χ3v) is 6.65. The number of carbonyl (C=O) groups excluding carboxylic acids is 3. The molecule has 2 aromatic rings. The molecule has 7 heteroatoms. The highest BCUT2D eigenvalue weighted by molar-refractivity contribution is 6.36. The minimum Gasteiger partial charge on any atom is -0.455 e. The van der Waals surface area contributed by atoms with E-state index < -0.39 is 24.4 Å². The summed E-state index contributed by atoms with van der Waals surface area (Å²) in [6, 6.07) is 13.7. The van der Waals surface area contributed by atoms with Crippen molar-refractivity contribution in [2.45, 2.75) is 19.3 Å². The molecule has 0 saturated heterocycles. The Morgan fingerprint density at radius 2 is 1.67 bits per heavy atom. The third-order valence-electron chi connectivity index (χ3n) is 6.10. The Morgan fingerprint density at radius 1 is 0.967 bits per heavy atom. The highest BCUT2D eigenvalue weighted by atomic mass is 35.5. The zero-order valence-corrected chi connectivity index (χ0v) is 17.7. The Kier molecular flexibility index (Phi) is 6.11. The van der Waals surface area contributed by atoms with Gasteiger partial charge in [-0.15, -0.1) is 0 Å². The molecule has 2 aliphatic carbocycles. The molecule has 2 fully saturated rings. The monoisotopic (exact) mass is 445 g/mol. The lowest BCUT2D eigenvalue weighted by atomic mass is 9.75. The third kappa shape index (κ3) is 4.23. The van der Waals surface area contributed by atoms with Crippen LogP contribution in [0.15, 0.2) is 48.5 Å². The van der Waals surface area contributed by atoms with Gasteiger partial charge in [0.05, 0.1) is 16.6 Å². The van der Waals surface area contributed by atoms with Gasteiger partial charge in [-0.05, 0) is 49.3 Å². The van der Waals surface area contributed by atoms with Crippen molar-refractivity contribution in [3.8, 4) is 0 Å². The van der Waals surface area contributed by atoms with Gasteiger partial charge in [0.15, 0.2) is 12.4 Å². The van der Waals surface area contributed by atoms with Gasteiger partial charge in [0.2, 0.25) is 0 Å². The van der Waals surface area contributed by atoms with E-state index in [9.17, 15) is 14.4 Å². The quantitative estimate of drug-likeness (QED) is 0.500. The van der Waals surface area contributed by atoms with Crippen LogP contribution in [0.1, 0.15) is 29.6 Å². The van der Waals surface area contributed by atoms with Crippen molar-refractivity contribution in [3.63, 3.8) is 0 Å². The summed E-state index contributed by atoms with van der Waals surface area (Å²) in [6.07, 6.45) is 2.72. The number of ether oxygens (including phenoxy) is 1. The molecule has 0 unspecified atom stereocenters. The Balaban J connectivity index is 1.40. The van der Waals surface area contributed by atoms with Crippen LogP contribution in [0, 0.1) is 23.7 Å². The summed E-state index contributed by atoms with van der Waals surface area (Å²) in [5, 5.41) is 3.35. The van der Waals surface area contributed by atoms with Gasteiger partial charge < -0.3 is 10.1 Å². The number of benzene rings is 2. The topological polar surface area (TPSA) is 72.5 Å². The SMILES string of the molecule is O=C(COC(=O)[C@H]1[C@H]2CC[C@@H](C2)[C@@H]1C(=O)c1ccccc1)Nc1ccc(Cl)cc1Cl. The lowest BCUT2D eigenvalue weighted by Gasteiger charge is -2.28. The minimum atomic E-state index is -0.498. The van der Waals surface area contributed by atoms with Gasteiger partial charge in [-0.25, -0.2) is 0 Å². The molecule has 0 radical (unpaired) electrons. The van der Waals surface area contributed by atoms with E-state index in [0.717, 1.165) is 19.3 Å². The van der Waals surface area contributed by atoms with Crippen LogP contribution in [0.25, 0.3) is 0 Å². The Bertz CT molecular complexity index is 978. The summed E-state index contributed by atoms with van der Waals surface area (Å²) in [5.74, 6) is -1.54. The number of Topliss-reactive ketones (excluding diaryl/α,β-unsaturated/α-hetero) is 1. The van der Waals surface area contributed by atoms with Crippen molar-refractivity contribution < 1.29 is 19.1 Å². The van der Waals surface area contributed by atoms with Crippen molar-refractivity contribution >= 4 is 46.5 Å². The van der Waals surface area contributed by atoms with Crippen molar-refractivity contribution in [2.75, 3.05) is 11.9 Å². The van der Waals surface area contributed by atoms with Crippen LogP contribution in [0.3, 0.4) is 0 Å². The number of anilines is 1. The van der Waals surface area contributed by atoms with E-state index in [0.29, 0.717) is 21.3 Å². The number of carbonyl (C=O) groups is 3. The van der Waals surface area contributed by atoms with Gasteiger partial charge >= 0.3 is 5.97 Å². The first kappa shape index (κ1) is 20.9. The van der Waals surface area contributed by atoms with Crippen LogP contribution in [0.2, 0.25) is 10.0 Å². The Morgan fingerprint density at radius 3 is 2.37 bits per heavy atom. The van der Waals surface area contributed by atoms with Crippen LogP contribution >= 0.6 is 23.2 Å². The molecule has 4 rings (SSSR count). The Labute approximate surface area is 184 Å². The molecule has 2 bridgehead atoms. The fourth-order valence-corrected chi connectivity index (χ4v) is 5.27. The maximum atomic E-state index is 13.1. The molecule has 5 nitrogen and oxygen atoms in total. The molecule has 1 amide bonds. The number of halogens is 2. The first-order valence-corrected chi connectivity index (χ1v) is 10.7. The van der Waals surface area contributed by atoms with Crippen molar-refractivity contribution in [1.82, 2.24) is 0 Å². The predicted molar refractivity (Wildman–Crippen MR) is 115 cm³/mol. The van der Waals surface area contributed by atoms with E-state index >= 15 is 0 Å². The van der Waals surface area contributed by atoms with E-state index in [1.165, 1.54) is 6.07 Å². The smallest absolute Gasteiger partial charge is 0.310 e. The molecule has 2 aliphatic rings. The number of hydrogen-bond acceptors (Lipinski definition) is 4. The van der Waals surface area contributed by atoms with Crippen molar-refractivity contribution in [3.05, 3.63) is 64.1 Å². The van der Waals surface area contributed by atoms with Crippen LogP contribution in [0.5, 0.6) is 0 Å². The van der Waals surface area contributed by atoms with Gasteiger partial charge in [0.25, 0.3) is 5.91 Å². The van der Waals surface area contributed by atoms with E-state index in [4.69, 9.17) is 27.9 Å². The maximum Gasteiger partial charge on any atom is 0.310 e. The highest BCUT2D eigenvalue weighted by Gasteiger charge is 2.54. The van der Waals surface area contributed by atoms with Crippen molar-refractivity contribution in [1.29, 1.82) is 0 Å². The molecular formula is C23H21Cl2NO4. The van der Waals surface area contributed by atoms with E-state index in [-0.39, 0.29) is 23.5 Å². The molecule has 4 atom stereocenters. The van der Waals surface area contributed by atoms with Gasteiger partial charge in [0.1, 0.15) is 0 Å². The molecule has 0 spiro atoms. The average Bonchev–Trinajstić information content (AvgIpc) is 3.36. The van der Waals surface area contributed by atoms with Crippen LogP contribution < -0.4 is 5.32 Å². The zero-order valence-electron chi connectivity index (χ0n) is 16.1. The fourth-order valence-electron chi connectivity index (χ4n) is 4.81. The summed E-state index contributed by atoms with van der Waals surface area (Å²) in [4.78, 5) is 38.2. The molecule has 156 valence electrons. The minimum absolute atomic E-state index is 0.0119. The molecule has 30 heavy (non-hydrogen) atoms. The highest BCUT2D eigenvalue weighted by Crippen LogP contribution is 2.53. The number of esters is 1. The predicted octanol–water partition coefficient (Wildman–Crippen LogP) is 5.02. The van der Waals surface area contributed by atoms with Gasteiger partial charge in [-0.2, -0.15) is 0 Å². The van der Waals surface area contributed by atoms with E-state index in [1.54, 1.807) is 24.3 Å². The van der Waals surface area contributed by atoms with E-state index in [1.807, 2.05) is 18.2 Å². The molecule has 1 N–H and O–H groups in total. The second kappa shape index (κ2) is 8.78. The summed E-state index contributed by atoms with van der Waals surface area (Å²) in [5.41, 5.74) is 1.00. The first-order chi connectivity index (χ1) is 14.4. The van der Waals surface area contributed by atoms with E-state index in [2.05, 4.69) is 5.32 Å². The standard InChI is InChI=1S/C23H21Cl2NO4/c24-16-8-9-18(17(25)11-16)26-19(27)12-30-23(29)21-15-7-6-14(10-15)20(21)22(28)13-4-2-1-3-5-13/h1-5,8-9,11,14-15,20-21H,6-7,10,12H2,(H,26,27)/t14-,15-,20-,21-/m0/s1. The molecule has 2 aromatic carbocycles. The second-order valence-corrected chi connectivity index (χ2v) is 8.74. The lowest BCUT2D eigenvalue weighted by Crippen LogP contribution is -2.37. The molecule has 0 aliphatic heterocycles. The van der Waals surface area contributed by atoms with Gasteiger partial charge in [-0.3, -0.25) is 14.4 Å². The molecule has 0 heterocycles. The molecular weight excluding hydrogens is 425 g/mol. The second-order valence-electron chi connectivity index (χ2n) is 7.90. The normalized spacial score (nSPS) is 24.5. The fraction of sp³-hybridized carbons (Fsp3) is 0.348. The van der Waals surface area contributed by atoms with Crippen LogP contribution in [0.4, 0.5) is 5.69 Å². The van der Waals surface area contributed by atoms with Crippen molar-refractivity contribution in [2.24, 2.45) is 23.7 Å². The number of amides is 1. The number of ketones is 1. The lowest BCUT2D eigenvalue weighted by molar-refractivity contribution is -0.154. The molecule has 0 aromatic heterocycles. The number of rotatable bonds is 6. The summed E-state index contributed by atoms with van der Waals surface area (Å²) >= 11 is 11.9. The molecule has 2 saturated carbocycles. The van der Waals surface area contributed by atoms with Crippen LogP contribution in [-0.2, 0) is 14.3 Å². The van der Waals surface area contributed by atoms with Gasteiger partial charge in [-0.1, -0.05) is 53.5 Å². The first-order valence-electron chi connectivity index (χ1n) is 9.95. The number of nitrogens with one attached hydrogen (secondary N) is 1. The number of fused-ring (bicyclic) bond motifs is 2. The summed E-state index contributed by atoms with van der Waals surface area (Å²) < 4.78 is 5.32. The Hall–Kier alpha value is -2.37. The summed E-state index contributed by atoms with van der Waals surface area (Å²) in [6.45, 7) is -0.433. The summed E-state index contributed by atoms with van der Waals surface area (Å²) in [7, 11) is 0. The number of hydrogen-bond donors (Lipinski definition) is 1. The maximum absolute atomic E-state index is 13.1. The van der Waals surface area contributed by atoms with Crippen LogP contribution in [-0.4, -0.2) is 24.3 Å². The van der Waals surface area contributed by atoms with Gasteiger partial charge in [0, 0.05) is 16.5 Å². The largest absolute Gasteiger partial charge is 0.455 e. The average molecular weight is 446 g/mol. The zero-order chi connectivity index (χ0) is 21.3.